The first kappa shape index (κ1) is 14.0. The predicted octanol–water partition coefficient (Wildman–Crippen LogP) is 4.20. The molecule has 0 fully saturated rings. The molecule has 0 aliphatic carbocycles. The normalized spacial score (nSPS) is 12.5. The van der Waals surface area contributed by atoms with Crippen molar-refractivity contribution in [2.24, 2.45) is 5.73 Å². The van der Waals surface area contributed by atoms with E-state index in [-0.39, 0.29) is 6.04 Å². The quantitative estimate of drug-likeness (QED) is 0.785. The van der Waals surface area contributed by atoms with Gasteiger partial charge in [0.1, 0.15) is 12.4 Å². The highest BCUT2D eigenvalue weighted by molar-refractivity contribution is 7.09. The number of rotatable bonds is 4. The molecule has 108 valence electrons. The smallest absolute Gasteiger partial charge is 0.132 e. The van der Waals surface area contributed by atoms with Crippen LogP contribution in [0.4, 0.5) is 0 Å². The fourth-order valence-electron chi connectivity index (χ4n) is 2.40. The van der Waals surface area contributed by atoms with Crippen molar-refractivity contribution < 1.29 is 4.74 Å². The van der Waals surface area contributed by atoms with Crippen molar-refractivity contribution >= 4 is 22.1 Å². The maximum Gasteiger partial charge on any atom is 0.132 e. The summed E-state index contributed by atoms with van der Waals surface area (Å²) in [6.07, 6.45) is 0. The van der Waals surface area contributed by atoms with Crippen LogP contribution in [0.5, 0.6) is 5.75 Å². The van der Waals surface area contributed by atoms with Gasteiger partial charge in [0.2, 0.25) is 0 Å². The summed E-state index contributed by atoms with van der Waals surface area (Å²) in [5.41, 5.74) is 8.07. The van der Waals surface area contributed by atoms with Crippen LogP contribution in [0.15, 0.2) is 41.8 Å². The molecule has 0 radical (unpaired) electrons. The van der Waals surface area contributed by atoms with Crippen LogP contribution in [-0.2, 0) is 6.61 Å². The lowest BCUT2D eigenvalue weighted by Crippen LogP contribution is -2.08. The first-order chi connectivity index (χ1) is 10.1. The molecule has 0 saturated carbocycles. The fraction of sp³-hybridized carbons (Fsp3) is 0.235. The molecule has 0 aliphatic heterocycles. The molecule has 0 bridgehead atoms. The molecule has 0 saturated heterocycles. The summed E-state index contributed by atoms with van der Waals surface area (Å²) in [4.78, 5) is 4.44. The van der Waals surface area contributed by atoms with E-state index >= 15 is 0 Å². The van der Waals surface area contributed by atoms with Gasteiger partial charge in [0.15, 0.2) is 0 Å². The zero-order valence-corrected chi connectivity index (χ0v) is 13.0. The third-order valence-corrected chi connectivity index (χ3v) is 4.25. The van der Waals surface area contributed by atoms with Crippen LogP contribution in [0.25, 0.3) is 10.8 Å². The highest BCUT2D eigenvalue weighted by atomic mass is 32.1. The monoisotopic (exact) mass is 298 g/mol. The number of hydrogen-bond acceptors (Lipinski definition) is 4. The number of nitrogens with two attached hydrogens (primary N) is 1. The van der Waals surface area contributed by atoms with E-state index in [0.717, 1.165) is 32.8 Å². The second-order valence-electron chi connectivity index (χ2n) is 5.14. The molecule has 21 heavy (non-hydrogen) atoms. The number of thiazole rings is 1. The molecule has 3 rings (SSSR count). The molecule has 0 aliphatic rings. The number of hydrogen-bond donors (Lipinski definition) is 1. The Morgan fingerprint density at radius 2 is 2.05 bits per heavy atom. The molecule has 2 aromatic carbocycles. The average molecular weight is 298 g/mol. The van der Waals surface area contributed by atoms with Crippen LogP contribution >= 0.6 is 11.3 Å². The molecule has 3 nitrogen and oxygen atoms in total. The van der Waals surface area contributed by atoms with Crippen molar-refractivity contribution in [3.63, 3.8) is 0 Å². The van der Waals surface area contributed by atoms with Gasteiger partial charge in [0.25, 0.3) is 0 Å². The van der Waals surface area contributed by atoms with Crippen LogP contribution in [0.2, 0.25) is 0 Å². The summed E-state index contributed by atoms with van der Waals surface area (Å²) in [5.74, 6) is 0.869. The van der Waals surface area contributed by atoms with E-state index in [2.05, 4.69) is 29.2 Å². The van der Waals surface area contributed by atoms with Gasteiger partial charge in [-0.2, -0.15) is 0 Å². The first-order valence-electron chi connectivity index (χ1n) is 6.96. The molecule has 3 aromatic rings. The van der Waals surface area contributed by atoms with Crippen LogP contribution in [0.1, 0.15) is 29.2 Å². The van der Waals surface area contributed by atoms with Crippen LogP contribution < -0.4 is 10.5 Å². The second-order valence-corrected chi connectivity index (χ2v) is 6.20. The van der Waals surface area contributed by atoms with E-state index in [1.807, 2.05) is 31.4 Å². The summed E-state index contributed by atoms with van der Waals surface area (Å²) in [6.45, 7) is 4.45. The molecule has 1 atom stereocenters. The van der Waals surface area contributed by atoms with E-state index in [4.69, 9.17) is 10.5 Å². The maximum atomic E-state index is 6.09. The maximum absolute atomic E-state index is 6.09. The highest BCUT2D eigenvalue weighted by Gasteiger charge is 2.13. The molecule has 4 heteroatoms. The summed E-state index contributed by atoms with van der Waals surface area (Å²) >= 11 is 1.64. The molecular formula is C17H18N2OS. The SMILES string of the molecule is Cc1nc(COc2c([C@H](C)N)ccc3ccccc23)cs1. The lowest BCUT2D eigenvalue weighted by Gasteiger charge is -2.16. The number of benzene rings is 2. The van der Waals surface area contributed by atoms with Gasteiger partial charge in [-0.1, -0.05) is 36.4 Å². The summed E-state index contributed by atoms with van der Waals surface area (Å²) in [7, 11) is 0. The van der Waals surface area contributed by atoms with E-state index in [1.165, 1.54) is 0 Å². The third-order valence-electron chi connectivity index (χ3n) is 3.43. The Hall–Kier alpha value is -1.91. The van der Waals surface area contributed by atoms with Gasteiger partial charge in [-0.3, -0.25) is 0 Å². The van der Waals surface area contributed by atoms with Crippen molar-refractivity contribution in [2.45, 2.75) is 26.5 Å². The van der Waals surface area contributed by atoms with Crippen LogP contribution in [0, 0.1) is 6.92 Å². The largest absolute Gasteiger partial charge is 0.486 e. The highest BCUT2D eigenvalue weighted by Crippen LogP contribution is 2.33. The molecule has 2 N–H and O–H groups in total. The van der Waals surface area contributed by atoms with Gasteiger partial charge in [-0.05, 0) is 19.2 Å². The average Bonchev–Trinajstić information content (AvgIpc) is 2.90. The Morgan fingerprint density at radius 1 is 1.24 bits per heavy atom. The molecule has 0 amide bonds. The Balaban J connectivity index is 1.99. The Morgan fingerprint density at radius 3 is 2.76 bits per heavy atom. The zero-order chi connectivity index (χ0) is 14.8. The number of ether oxygens (including phenoxy) is 1. The van der Waals surface area contributed by atoms with Crippen molar-refractivity contribution in [3.05, 3.63) is 58.0 Å². The van der Waals surface area contributed by atoms with Crippen molar-refractivity contribution in [1.29, 1.82) is 0 Å². The number of fused-ring (bicyclic) bond motifs is 1. The number of nitrogens with zero attached hydrogens (tertiary/aromatic N) is 1. The first-order valence-corrected chi connectivity index (χ1v) is 7.84. The zero-order valence-electron chi connectivity index (χ0n) is 12.2. The number of aryl methyl sites for hydroxylation is 1. The minimum absolute atomic E-state index is 0.0678. The van der Waals surface area contributed by atoms with E-state index in [0.29, 0.717) is 6.61 Å². The Labute approximate surface area is 128 Å². The van der Waals surface area contributed by atoms with Crippen molar-refractivity contribution in [1.82, 2.24) is 4.98 Å². The van der Waals surface area contributed by atoms with Gasteiger partial charge in [0, 0.05) is 22.4 Å². The summed E-state index contributed by atoms with van der Waals surface area (Å²) in [5, 5.41) is 5.34. The van der Waals surface area contributed by atoms with E-state index in [1.54, 1.807) is 11.3 Å². The standard InChI is InChI=1S/C17H18N2OS/c1-11(18)15-8-7-13-5-3-4-6-16(13)17(15)20-9-14-10-21-12(2)19-14/h3-8,10-11H,9,18H2,1-2H3/t11-/m0/s1. The molecule has 0 spiro atoms. The van der Waals surface area contributed by atoms with Crippen molar-refractivity contribution in [2.75, 3.05) is 0 Å². The van der Waals surface area contributed by atoms with Gasteiger partial charge in [-0.25, -0.2) is 4.98 Å². The number of aromatic nitrogens is 1. The molecule has 1 heterocycles. The summed E-state index contributed by atoms with van der Waals surface area (Å²) < 4.78 is 6.08. The lowest BCUT2D eigenvalue weighted by molar-refractivity contribution is 0.301. The van der Waals surface area contributed by atoms with Gasteiger partial charge in [-0.15, -0.1) is 11.3 Å². The van der Waals surface area contributed by atoms with Gasteiger partial charge >= 0.3 is 0 Å². The Kier molecular flexibility index (Phi) is 3.90. The molecular weight excluding hydrogens is 280 g/mol. The van der Waals surface area contributed by atoms with Gasteiger partial charge < -0.3 is 10.5 Å². The van der Waals surface area contributed by atoms with E-state index < -0.39 is 0 Å². The second kappa shape index (κ2) is 5.84. The Bertz CT molecular complexity index is 764. The predicted molar refractivity (Wildman–Crippen MR) is 87.7 cm³/mol. The van der Waals surface area contributed by atoms with Crippen LogP contribution in [-0.4, -0.2) is 4.98 Å². The lowest BCUT2D eigenvalue weighted by atomic mass is 10.0. The van der Waals surface area contributed by atoms with Crippen LogP contribution in [0.3, 0.4) is 0 Å². The van der Waals surface area contributed by atoms with Crippen molar-refractivity contribution in [3.8, 4) is 5.75 Å². The topological polar surface area (TPSA) is 48.1 Å². The van der Waals surface area contributed by atoms with Gasteiger partial charge in [0.05, 0.1) is 10.7 Å². The molecule has 1 aromatic heterocycles. The molecule has 0 unspecified atom stereocenters. The van der Waals surface area contributed by atoms with E-state index in [9.17, 15) is 0 Å². The minimum atomic E-state index is -0.0678. The fourth-order valence-corrected chi connectivity index (χ4v) is 3.00. The summed E-state index contributed by atoms with van der Waals surface area (Å²) in [6, 6.07) is 12.3. The minimum Gasteiger partial charge on any atom is -0.486 e. The third kappa shape index (κ3) is 2.91.